The average molecular weight is 586 g/mol. The molecule has 1 aliphatic rings. The summed E-state index contributed by atoms with van der Waals surface area (Å²) >= 11 is 0. The van der Waals surface area contributed by atoms with Crippen molar-refractivity contribution in [2.75, 3.05) is 6.61 Å². The van der Waals surface area contributed by atoms with Crippen LogP contribution >= 0.6 is 0 Å². The van der Waals surface area contributed by atoms with E-state index in [9.17, 15) is 19.2 Å². The molecule has 0 unspecified atom stereocenters. The molecule has 2 aromatic carbocycles. The molecule has 3 rings (SSSR count). The molecule has 0 saturated carbocycles. The third-order valence-electron chi connectivity index (χ3n) is 6.78. The van der Waals surface area contributed by atoms with Crippen LogP contribution in [-0.4, -0.2) is 69.4 Å². The number of esters is 3. The fourth-order valence-corrected chi connectivity index (χ4v) is 9.89. The second-order valence-electron chi connectivity index (χ2n) is 11.0. The summed E-state index contributed by atoms with van der Waals surface area (Å²) in [5.41, 5.74) is 0. The molecule has 222 valence electrons. The zero-order valence-electron chi connectivity index (χ0n) is 24.5. The molecule has 0 aliphatic carbocycles. The molecular formula is C30H39NO9Si. The first-order chi connectivity index (χ1) is 19.3. The predicted octanol–water partition coefficient (Wildman–Crippen LogP) is 2.22. The number of hydrogen-bond donors (Lipinski definition) is 1. The second-order valence-corrected chi connectivity index (χ2v) is 15.3. The Hall–Kier alpha value is -3.54. The number of ether oxygens (including phenoxy) is 4. The third kappa shape index (κ3) is 7.60. The number of rotatable bonds is 9. The zero-order valence-corrected chi connectivity index (χ0v) is 25.5. The van der Waals surface area contributed by atoms with Gasteiger partial charge in [0.2, 0.25) is 12.2 Å². The van der Waals surface area contributed by atoms with Crippen molar-refractivity contribution in [2.24, 2.45) is 0 Å². The van der Waals surface area contributed by atoms with Gasteiger partial charge in [-0.2, -0.15) is 0 Å². The first-order valence-corrected chi connectivity index (χ1v) is 15.4. The maximum Gasteiger partial charge on any atom is 0.305 e. The van der Waals surface area contributed by atoms with Crippen molar-refractivity contribution in [2.45, 2.75) is 84.1 Å². The van der Waals surface area contributed by atoms with E-state index < -0.39 is 62.8 Å². The van der Waals surface area contributed by atoms with Gasteiger partial charge in [0.05, 0.1) is 6.61 Å². The lowest BCUT2D eigenvalue weighted by Crippen LogP contribution is -2.70. The molecule has 0 bridgehead atoms. The molecule has 1 heterocycles. The van der Waals surface area contributed by atoms with E-state index >= 15 is 0 Å². The van der Waals surface area contributed by atoms with E-state index in [1.807, 2.05) is 60.7 Å². The van der Waals surface area contributed by atoms with Crippen LogP contribution in [0.15, 0.2) is 60.7 Å². The fourth-order valence-electron chi connectivity index (χ4n) is 5.32. The lowest BCUT2D eigenvalue weighted by molar-refractivity contribution is -0.269. The van der Waals surface area contributed by atoms with Crippen molar-refractivity contribution < 1.29 is 42.6 Å². The summed E-state index contributed by atoms with van der Waals surface area (Å²) in [6, 6.07) is 18.7. The first kappa shape index (κ1) is 32.0. The van der Waals surface area contributed by atoms with Crippen molar-refractivity contribution in [3.05, 3.63) is 60.7 Å². The van der Waals surface area contributed by atoms with Gasteiger partial charge < -0.3 is 28.7 Å². The van der Waals surface area contributed by atoms with Gasteiger partial charge >= 0.3 is 17.9 Å². The van der Waals surface area contributed by atoms with Crippen molar-refractivity contribution in [3.8, 4) is 0 Å². The molecule has 1 saturated heterocycles. The molecule has 0 aromatic heterocycles. The van der Waals surface area contributed by atoms with E-state index in [4.69, 9.17) is 23.4 Å². The van der Waals surface area contributed by atoms with E-state index in [1.165, 1.54) is 27.7 Å². The van der Waals surface area contributed by atoms with E-state index in [0.717, 1.165) is 10.4 Å². The van der Waals surface area contributed by atoms with Crippen LogP contribution in [0.5, 0.6) is 0 Å². The Morgan fingerprint density at radius 2 is 1.22 bits per heavy atom. The van der Waals surface area contributed by atoms with Gasteiger partial charge in [-0.05, 0) is 15.4 Å². The largest absolute Gasteiger partial charge is 0.456 e. The van der Waals surface area contributed by atoms with Gasteiger partial charge in [-0.1, -0.05) is 81.4 Å². The summed E-state index contributed by atoms with van der Waals surface area (Å²) in [5, 5.41) is 4.29. The van der Waals surface area contributed by atoms with Gasteiger partial charge in [-0.15, -0.1) is 0 Å². The predicted molar refractivity (Wildman–Crippen MR) is 153 cm³/mol. The zero-order chi connectivity index (χ0) is 30.4. The summed E-state index contributed by atoms with van der Waals surface area (Å²) < 4.78 is 29.8. The van der Waals surface area contributed by atoms with Gasteiger partial charge in [0.25, 0.3) is 8.32 Å². The maximum absolute atomic E-state index is 12.3. The highest BCUT2D eigenvalue weighted by Crippen LogP contribution is 2.38. The molecular weight excluding hydrogens is 546 g/mol. The number of carbonyl (C=O) groups is 4. The standard InChI is InChI=1S/C30H39NO9Si/c1-19(32)31-26-28(38-21(3)34)27(37-20(2)33)25(40-29(26)39-22(4)35)18-36-41(30(5,6)7,23-14-10-8-11-15-23)24-16-12-9-13-17-24/h8-17,25-29H,18H2,1-7H3,(H,31,32)/t25-,26-,27-,28-,29+/m1/s1. The van der Waals surface area contributed by atoms with Crippen LogP contribution < -0.4 is 15.7 Å². The molecule has 0 radical (unpaired) electrons. The van der Waals surface area contributed by atoms with Crippen LogP contribution in [0.25, 0.3) is 0 Å². The molecule has 11 heteroatoms. The van der Waals surface area contributed by atoms with Gasteiger partial charge in [0.1, 0.15) is 12.1 Å². The second kappa shape index (κ2) is 13.4. The molecule has 1 fully saturated rings. The third-order valence-corrected chi connectivity index (χ3v) is 11.8. The summed E-state index contributed by atoms with van der Waals surface area (Å²) in [4.78, 5) is 48.6. The summed E-state index contributed by atoms with van der Waals surface area (Å²) in [6.07, 6.45) is -4.79. The Kier molecular flexibility index (Phi) is 10.5. The van der Waals surface area contributed by atoms with E-state index in [0.29, 0.717) is 0 Å². The molecule has 0 spiro atoms. The topological polar surface area (TPSA) is 126 Å². The molecule has 10 nitrogen and oxygen atoms in total. The SMILES string of the molecule is CC(=O)N[C@H]1[C@@H](OC(C)=O)O[C@H](CO[Si](c2ccccc2)(c2ccccc2)C(C)(C)C)[C@@H](OC(C)=O)[C@@H]1OC(C)=O. The number of nitrogens with one attached hydrogen (secondary N) is 1. The normalized spacial score (nSPS) is 22.8. The van der Waals surface area contributed by atoms with Crippen LogP contribution in [0.3, 0.4) is 0 Å². The van der Waals surface area contributed by atoms with Gasteiger partial charge in [0, 0.05) is 27.7 Å². The summed E-state index contributed by atoms with van der Waals surface area (Å²) in [7, 11) is -3.06. The lowest BCUT2D eigenvalue weighted by Gasteiger charge is -2.47. The van der Waals surface area contributed by atoms with Crippen LogP contribution in [-0.2, 0) is 42.6 Å². The highest BCUT2D eigenvalue weighted by atomic mass is 28.4. The number of benzene rings is 2. The van der Waals surface area contributed by atoms with Crippen molar-refractivity contribution in [3.63, 3.8) is 0 Å². The van der Waals surface area contributed by atoms with Gasteiger partial charge in [0.15, 0.2) is 12.2 Å². The summed E-state index contributed by atoms with van der Waals surface area (Å²) in [5.74, 6) is -2.50. The fraction of sp³-hybridized carbons (Fsp3) is 0.467. The average Bonchev–Trinajstić information content (AvgIpc) is 2.87. The summed E-state index contributed by atoms with van der Waals surface area (Å²) in [6.45, 7) is 11.1. The molecule has 1 aliphatic heterocycles. The number of carbonyl (C=O) groups excluding carboxylic acids is 4. The minimum absolute atomic E-state index is 0.104. The maximum atomic E-state index is 12.3. The van der Waals surface area contributed by atoms with E-state index in [-0.39, 0.29) is 11.6 Å². The van der Waals surface area contributed by atoms with E-state index in [2.05, 4.69) is 26.1 Å². The van der Waals surface area contributed by atoms with Crippen LogP contribution in [0.2, 0.25) is 5.04 Å². The minimum atomic E-state index is -3.06. The van der Waals surface area contributed by atoms with Crippen molar-refractivity contribution >= 4 is 42.5 Å². The van der Waals surface area contributed by atoms with Crippen LogP contribution in [0, 0.1) is 0 Å². The van der Waals surface area contributed by atoms with Gasteiger partial charge in [-0.3, -0.25) is 19.2 Å². The number of hydrogen-bond acceptors (Lipinski definition) is 9. The Morgan fingerprint density at radius 1 is 0.756 bits per heavy atom. The monoisotopic (exact) mass is 585 g/mol. The Balaban J connectivity index is 2.13. The molecule has 5 atom stereocenters. The Labute approximate surface area is 241 Å². The molecule has 2 aromatic rings. The Bertz CT molecular complexity index is 1180. The molecule has 1 amide bonds. The number of amides is 1. The highest BCUT2D eigenvalue weighted by molar-refractivity contribution is 6.99. The highest BCUT2D eigenvalue weighted by Gasteiger charge is 2.55. The molecule has 1 N–H and O–H groups in total. The lowest BCUT2D eigenvalue weighted by atomic mass is 9.96. The first-order valence-electron chi connectivity index (χ1n) is 13.5. The molecule has 41 heavy (non-hydrogen) atoms. The van der Waals surface area contributed by atoms with Crippen molar-refractivity contribution in [1.82, 2.24) is 5.32 Å². The van der Waals surface area contributed by atoms with Crippen molar-refractivity contribution in [1.29, 1.82) is 0 Å². The van der Waals surface area contributed by atoms with Gasteiger partial charge in [-0.25, -0.2) is 0 Å². The quantitative estimate of drug-likeness (QED) is 0.268. The van der Waals surface area contributed by atoms with Crippen LogP contribution in [0.4, 0.5) is 0 Å². The minimum Gasteiger partial charge on any atom is -0.456 e. The van der Waals surface area contributed by atoms with Crippen LogP contribution in [0.1, 0.15) is 48.5 Å². The Morgan fingerprint density at radius 3 is 1.63 bits per heavy atom. The van der Waals surface area contributed by atoms with E-state index in [1.54, 1.807) is 0 Å². The smallest absolute Gasteiger partial charge is 0.305 e.